The topological polar surface area (TPSA) is 84.5 Å². The summed E-state index contributed by atoms with van der Waals surface area (Å²) in [6, 6.07) is 20.1. The molecule has 0 spiro atoms. The number of hydrogen-bond donors (Lipinski definition) is 2. The zero-order chi connectivity index (χ0) is 22.7. The van der Waals surface area contributed by atoms with E-state index < -0.39 is 10.0 Å². The van der Waals surface area contributed by atoms with Gasteiger partial charge < -0.3 is 10.1 Å². The van der Waals surface area contributed by atoms with E-state index in [-0.39, 0.29) is 23.3 Å². The third-order valence-electron chi connectivity index (χ3n) is 5.40. The predicted molar refractivity (Wildman–Crippen MR) is 125 cm³/mol. The molecule has 3 aromatic carbocycles. The Hall–Kier alpha value is -3.16. The maximum Gasteiger partial charge on any atom is 0.240 e. The molecule has 0 aliphatic heterocycles. The quantitative estimate of drug-likeness (QED) is 0.536. The normalized spacial score (nSPS) is 13.6. The summed E-state index contributed by atoms with van der Waals surface area (Å²) in [7, 11) is -1.84. The van der Waals surface area contributed by atoms with E-state index in [0.29, 0.717) is 5.69 Å². The molecular formula is C25H26N2O4S. The summed E-state index contributed by atoms with van der Waals surface area (Å²) < 4.78 is 32.6. The van der Waals surface area contributed by atoms with Gasteiger partial charge in [0.1, 0.15) is 5.75 Å². The Kier molecular flexibility index (Phi) is 6.30. The maximum absolute atomic E-state index is 12.5. The molecule has 0 aromatic heterocycles. The molecule has 4 rings (SSSR count). The lowest BCUT2D eigenvalue weighted by Crippen LogP contribution is -2.25. The van der Waals surface area contributed by atoms with Crippen LogP contribution in [0.3, 0.4) is 0 Å². The van der Waals surface area contributed by atoms with Crippen LogP contribution >= 0.6 is 0 Å². The Morgan fingerprint density at radius 1 is 1.00 bits per heavy atom. The fourth-order valence-electron chi connectivity index (χ4n) is 3.58. The Labute approximate surface area is 188 Å². The number of para-hydroxylation sites is 1. The van der Waals surface area contributed by atoms with Crippen LogP contribution in [0.1, 0.15) is 24.0 Å². The Balaban J connectivity index is 1.41. The average molecular weight is 451 g/mol. The monoisotopic (exact) mass is 450 g/mol. The molecule has 0 bridgehead atoms. The highest BCUT2D eigenvalue weighted by Crippen LogP contribution is 2.33. The lowest BCUT2D eigenvalue weighted by atomic mass is 9.99. The molecule has 0 atom stereocenters. The summed E-state index contributed by atoms with van der Waals surface area (Å²) in [4.78, 5) is 12.7. The van der Waals surface area contributed by atoms with Gasteiger partial charge in [0.2, 0.25) is 15.9 Å². The minimum absolute atomic E-state index is 0.0586. The number of ether oxygens (including phenoxy) is 1. The van der Waals surface area contributed by atoms with Gasteiger partial charge in [-0.25, -0.2) is 13.1 Å². The SMILES string of the molecule is COc1ccccc1-c1ccc(NC(=O)Cc2ccc(S(=O)(=O)NC3CC3)cc2)cc1C. The summed E-state index contributed by atoms with van der Waals surface area (Å²) >= 11 is 0. The van der Waals surface area contributed by atoms with Gasteiger partial charge in [0, 0.05) is 17.3 Å². The number of nitrogens with one attached hydrogen (secondary N) is 2. The molecule has 3 aromatic rings. The molecule has 0 unspecified atom stereocenters. The number of rotatable bonds is 8. The van der Waals surface area contributed by atoms with Crippen LogP contribution in [0.15, 0.2) is 71.6 Å². The highest BCUT2D eigenvalue weighted by Gasteiger charge is 2.27. The van der Waals surface area contributed by atoms with Crippen LogP contribution in [0.4, 0.5) is 5.69 Å². The molecule has 1 saturated carbocycles. The minimum Gasteiger partial charge on any atom is -0.496 e. The van der Waals surface area contributed by atoms with Crippen LogP contribution < -0.4 is 14.8 Å². The molecule has 0 heterocycles. The van der Waals surface area contributed by atoms with E-state index in [4.69, 9.17) is 4.74 Å². The van der Waals surface area contributed by atoms with Gasteiger partial charge in [-0.2, -0.15) is 0 Å². The second-order valence-corrected chi connectivity index (χ2v) is 9.71. The molecule has 166 valence electrons. The number of carbonyl (C=O) groups is 1. The van der Waals surface area contributed by atoms with Crippen LogP contribution in [0.25, 0.3) is 11.1 Å². The lowest BCUT2D eigenvalue weighted by Gasteiger charge is -2.13. The van der Waals surface area contributed by atoms with Gasteiger partial charge >= 0.3 is 0 Å². The van der Waals surface area contributed by atoms with E-state index in [2.05, 4.69) is 10.0 Å². The van der Waals surface area contributed by atoms with Gasteiger partial charge in [0.15, 0.2) is 0 Å². The predicted octanol–water partition coefficient (Wildman–Crippen LogP) is 4.29. The molecule has 2 N–H and O–H groups in total. The number of benzene rings is 3. The van der Waals surface area contributed by atoms with Crippen LogP contribution in [0.5, 0.6) is 5.75 Å². The van der Waals surface area contributed by atoms with Gasteiger partial charge in [-0.15, -0.1) is 0 Å². The molecule has 1 amide bonds. The number of sulfonamides is 1. The summed E-state index contributed by atoms with van der Waals surface area (Å²) in [5.74, 6) is 0.631. The van der Waals surface area contributed by atoms with E-state index in [1.165, 1.54) is 0 Å². The first-order valence-corrected chi connectivity index (χ1v) is 12.0. The third-order valence-corrected chi connectivity index (χ3v) is 6.94. The summed E-state index contributed by atoms with van der Waals surface area (Å²) in [6.07, 6.45) is 1.93. The fraction of sp³-hybridized carbons (Fsp3) is 0.240. The molecule has 1 aliphatic rings. The highest BCUT2D eigenvalue weighted by atomic mass is 32.2. The summed E-state index contributed by atoms with van der Waals surface area (Å²) in [5.41, 5.74) is 4.51. The number of hydrogen-bond acceptors (Lipinski definition) is 4. The zero-order valence-corrected chi connectivity index (χ0v) is 18.9. The van der Waals surface area contributed by atoms with E-state index in [1.807, 2.05) is 49.4 Å². The van der Waals surface area contributed by atoms with Crippen molar-refractivity contribution in [3.05, 3.63) is 77.9 Å². The standard InChI is InChI=1S/C25H26N2O4S/c1-17-15-20(11-14-22(17)23-5-3-4-6-24(23)31-2)26-25(28)16-18-7-12-21(13-8-18)32(29,30)27-19-9-10-19/h3-8,11-15,19,27H,9-10,16H2,1-2H3,(H,26,28). The van der Waals surface area contributed by atoms with Crippen LogP contribution in [0.2, 0.25) is 0 Å². The molecule has 0 radical (unpaired) electrons. The first kappa shape index (κ1) is 22.0. The van der Waals surface area contributed by atoms with Crippen LogP contribution in [0, 0.1) is 6.92 Å². The first-order chi connectivity index (χ1) is 15.4. The van der Waals surface area contributed by atoms with Gasteiger partial charge in [0.25, 0.3) is 0 Å². The number of amides is 1. The van der Waals surface area contributed by atoms with Crippen molar-refractivity contribution in [3.8, 4) is 16.9 Å². The number of aryl methyl sites for hydroxylation is 1. The number of carbonyl (C=O) groups excluding carboxylic acids is 1. The third kappa shape index (κ3) is 5.18. The van der Waals surface area contributed by atoms with Gasteiger partial charge in [-0.1, -0.05) is 36.4 Å². The fourth-order valence-corrected chi connectivity index (χ4v) is 4.88. The summed E-state index contributed by atoms with van der Waals surface area (Å²) in [5, 5.41) is 2.92. The van der Waals surface area contributed by atoms with E-state index in [9.17, 15) is 13.2 Å². The van der Waals surface area contributed by atoms with Crippen molar-refractivity contribution in [2.24, 2.45) is 0 Å². The van der Waals surface area contributed by atoms with Gasteiger partial charge in [-0.05, 0) is 66.8 Å². The summed E-state index contributed by atoms with van der Waals surface area (Å²) in [6.45, 7) is 1.99. The van der Waals surface area contributed by atoms with Gasteiger partial charge in [-0.3, -0.25) is 4.79 Å². The van der Waals surface area contributed by atoms with Crippen LogP contribution in [-0.4, -0.2) is 27.5 Å². The van der Waals surface area contributed by atoms with E-state index in [0.717, 1.165) is 40.8 Å². The molecule has 32 heavy (non-hydrogen) atoms. The second-order valence-electron chi connectivity index (χ2n) is 7.99. The first-order valence-electron chi connectivity index (χ1n) is 10.5. The smallest absolute Gasteiger partial charge is 0.240 e. The molecule has 6 nitrogen and oxygen atoms in total. The number of anilines is 1. The van der Waals surface area contributed by atoms with Crippen LogP contribution in [-0.2, 0) is 21.2 Å². The van der Waals surface area contributed by atoms with Crippen molar-refractivity contribution >= 4 is 21.6 Å². The Morgan fingerprint density at radius 3 is 2.38 bits per heavy atom. The highest BCUT2D eigenvalue weighted by molar-refractivity contribution is 7.89. The molecule has 1 fully saturated rings. The Morgan fingerprint density at radius 2 is 1.72 bits per heavy atom. The van der Waals surface area contributed by atoms with E-state index >= 15 is 0 Å². The van der Waals surface area contributed by atoms with Crippen molar-refractivity contribution in [1.29, 1.82) is 0 Å². The maximum atomic E-state index is 12.5. The van der Waals surface area contributed by atoms with Crippen molar-refractivity contribution in [2.75, 3.05) is 12.4 Å². The van der Waals surface area contributed by atoms with Gasteiger partial charge in [0.05, 0.1) is 18.4 Å². The lowest BCUT2D eigenvalue weighted by molar-refractivity contribution is -0.115. The van der Waals surface area contributed by atoms with Crippen molar-refractivity contribution in [1.82, 2.24) is 4.72 Å². The van der Waals surface area contributed by atoms with E-state index in [1.54, 1.807) is 31.4 Å². The number of methoxy groups -OCH3 is 1. The molecule has 7 heteroatoms. The second kappa shape index (κ2) is 9.14. The molecule has 0 saturated heterocycles. The largest absolute Gasteiger partial charge is 0.496 e. The zero-order valence-electron chi connectivity index (χ0n) is 18.1. The average Bonchev–Trinajstić information content (AvgIpc) is 3.57. The molecule has 1 aliphatic carbocycles. The molecular weight excluding hydrogens is 424 g/mol. The minimum atomic E-state index is -3.49. The van der Waals surface area contributed by atoms with Crippen molar-refractivity contribution in [3.63, 3.8) is 0 Å². The Bertz CT molecular complexity index is 1230. The van der Waals surface area contributed by atoms with Crippen molar-refractivity contribution < 1.29 is 17.9 Å². The van der Waals surface area contributed by atoms with Crippen molar-refractivity contribution in [2.45, 2.75) is 37.1 Å².